The zero-order valence-corrected chi connectivity index (χ0v) is 18.6. The lowest BCUT2D eigenvalue weighted by atomic mass is 10.00. The molecule has 0 radical (unpaired) electrons. The number of benzene rings is 2. The quantitative estimate of drug-likeness (QED) is 0.617. The SMILES string of the molecule is C[C@H](c1c[nH]c(=O)c2ccccc12)N(CC1COC(C)(C)OC1)C(=O)Nc1ccccc1. The van der Waals surface area contributed by atoms with Crippen LogP contribution in [0.5, 0.6) is 0 Å². The molecule has 7 nitrogen and oxygen atoms in total. The summed E-state index contributed by atoms with van der Waals surface area (Å²) in [6, 6.07) is 16.3. The first-order valence-electron chi connectivity index (χ1n) is 10.8. The molecular formula is C25H29N3O4. The number of nitrogens with zero attached hydrogens (tertiary/aromatic N) is 1. The predicted molar refractivity (Wildman–Crippen MR) is 125 cm³/mol. The first-order chi connectivity index (χ1) is 15.3. The highest BCUT2D eigenvalue weighted by Gasteiger charge is 2.32. The number of carbonyl (C=O) groups excluding carboxylic acids is 1. The van der Waals surface area contributed by atoms with Crippen molar-refractivity contribution in [3.05, 3.63) is 76.7 Å². The molecule has 32 heavy (non-hydrogen) atoms. The van der Waals surface area contributed by atoms with Crippen molar-refractivity contribution in [2.24, 2.45) is 5.92 Å². The number of nitrogens with one attached hydrogen (secondary N) is 2. The number of rotatable bonds is 5. The normalized spacial score (nSPS) is 17.1. The molecule has 1 aliphatic heterocycles. The Morgan fingerprint density at radius 1 is 1.09 bits per heavy atom. The van der Waals surface area contributed by atoms with Crippen LogP contribution in [0.25, 0.3) is 10.8 Å². The molecule has 2 amide bonds. The number of pyridine rings is 1. The maximum Gasteiger partial charge on any atom is 0.322 e. The molecule has 1 aromatic heterocycles. The lowest BCUT2D eigenvalue weighted by Crippen LogP contribution is -2.47. The van der Waals surface area contributed by atoms with Crippen LogP contribution in [-0.4, -0.2) is 41.5 Å². The number of ether oxygens (including phenoxy) is 2. The minimum atomic E-state index is -0.617. The van der Waals surface area contributed by atoms with E-state index >= 15 is 0 Å². The molecule has 1 saturated heterocycles. The summed E-state index contributed by atoms with van der Waals surface area (Å²) in [5.74, 6) is -0.588. The molecule has 168 valence electrons. The van der Waals surface area contributed by atoms with Gasteiger partial charge in [-0.15, -0.1) is 0 Å². The fourth-order valence-corrected chi connectivity index (χ4v) is 3.99. The lowest BCUT2D eigenvalue weighted by Gasteiger charge is -2.38. The van der Waals surface area contributed by atoms with Gasteiger partial charge in [0.25, 0.3) is 5.56 Å². The predicted octanol–water partition coefficient (Wildman–Crippen LogP) is 4.52. The minimum Gasteiger partial charge on any atom is -0.350 e. The van der Waals surface area contributed by atoms with Crippen molar-refractivity contribution in [3.63, 3.8) is 0 Å². The number of amides is 2. The zero-order chi connectivity index (χ0) is 22.7. The van der Waals surface area contributed by atoms with E-state index in [0.717, 1.165) is 16.6 Å². The van der Waals surface area contributed by atoms with Crippen LogP contribution in [0.15, 0.2) is 65.6 Å². The number of carbonyl (C=O) groups is 1. The van der Waals surface area contributed by atoms with Crippen molar-refractivity contribution in [2.75, 3.05) is 25.1 Å². The van der Waals surface area contributed by atoms with E-state index in [0.29, 0.717) is 25.1 Å². The zero-order valence-electron chi connectivity index (χ0n) is 18.6. The van der Waals surface area contributed by atoms with E-state index < -0.39 is 5.79 Å². The van der Waals surface area contributed by atoms with Crippen LogP contribution in [0.4, 0.5) is 10.5 Å². The van der Waals surface area contributed by atoms with Crippen LogP contribution >= 0.6 is 0 Å². The molecule has 0 bridgehead atoms. The maximum atomic E-state index is 13.4. The van der Waals surface area contributed by atoms with E-state index in [1.165, 1.54) is 0 Å². The summed E-state index contributed by atoms with van der Waals surface area (Å²) in [4.78, 5) is 30.3. The number of H-pyrrole nitrogens is 1. The number of aromatic amines is 1. The summed E-state index contributed by atoms with van der Waals surface area (Å²) in [5.41, 5.74) is 1.45. The summed E-state index contributed by atoms with van der Waals surface area (Å²) >= 11 is 0. The molecule has 2 aromatic carbocycles. The van der Waals surface area contributed by atoms with Crippen molar-refractivity contribution >= 4 is 22.5 Å². The Morgan fingerprint density at radius 2 is 1.72 bits per heavy atom. The van der Waals surface area contributed by atoms with E-state index in [4.69, 9.17) is 9.47 Å². The third-order valence-corrected chi connectivity index (χ3v) is 5.83. The van der Waals surface area contributed by atoms with E-state index in [2.05, 4.69) is 10.3 Å². The average molecular weight is 436 g/mol. The molecular weight excluding hydrogens is 406 g/mol. The van der Waals surface area contributed by atoms with Gasteiger partial charge < -0.3 is 24.7 Å². The highest BCUT2D eigenvalue weighted by molar-refractivity contribution is 5.90. The van der Waals surface area contributed by atoms with Crippen LogP contribution in [0, 0.1) is 5.92 Å². The van der Waals surface area contributed by atoms with Gasteiger partial charge in [-0.2, -0.15) is 0 Å². The summed E-state index contributed by atoms with van der Waals surface area (Å²) in [6.45, 7) is 7.20. The Kier molecular flexibility index (Phi) is 6.30. The van der Waals surface area contributed by atoms with Crippen LogP contribution in [0.3, 0.4) is 0 Å². The Balaban J connectivity index is 1.64. The topological polar surface area (TPSA) is 83.7 Å². The summed E-state index contributed by atoms with van der Waals surface area (Å²) in [5, 5.41) is 4.43. The summed E-state index contributed by atoms with van der Waals surface area (Å²) in [6.07, 6.45) is 1.70. The van der Waals surface area contributed by atoms with Gasteiger partial charge >= 0.3 is 6.03 Å². The number of fused-ring (bicyclic) bond motifs is 1. The first-order valence-corrected chi connectivity index (χ1v) is 10.8. The van der Waals surface area contributed by atoms with E-state index in [9.17, 15) is 9.59 Å². The molecule has 3 aromatic rings. The number of aromatic nitrogens is 1. The fraction of sp³-hybridized carbons (Fsp3) is 0.360. The van der Waals surface area contributed by atoms with Gasteiger partial charge in [0.1, 0.15) is 0 Å². The summed E-state index contributed by atoms with van der Waals surface area (Å²) in [7, 11) is 0. The first kappa shape index (κ1) is 22.0. The van der Waals surface area contributed by atoms with E-state index in [1.54, 1.807) is 17.2 Å². The van der Waals surface area contributed by atoms with Gasteiger partial charge in [-0.1, -0.05) is 36.4 Å². The van der Waals surface area contributed by atoms with Gasteiger partial charge in [0, 0.05) is 29.7 Å². The van der Waals surface area contributed by atoms with Crippen LogP contribution in [-0.2, 0) is 9.47 Å². The van der Waals surface area contributed by atoms with Crippen molar-refractivity contribution in [2.45, 2.75) is 32.6 Å². The molecule has 0 aliphatic carbocycles. The highest BCUT2D eigenvalue weighted by atomic mass is 16.7. The second-order valence-electron chi connectivity index (χ2n) is 8.63. The third-order valence-electron chi connectivity index (χ3n) is 5.83. The summed E-state index contributed by atoms with van der Waals surface area (Å²) < 4.78 is 11.6. The molecule has 2 heterocycles. The van der Waals surface area contributed by atoms with Gasteiger partial charge in [-0.3, -0.25) is 4.79 Å². The van der Waals surface area contributed by atoms with E-state index in [1.807, 2.05) is 69.3 Å². The number of hydrogen-bond acceptors (Lipinski definition) is 4. The van der Waals surface area contributed by atoms with Crippen LogP contribution in [0.1, 0.15) is 32.4 Å². The Morgan fingerprint density at radius 3 is 2.41 bits per heavy atom. The number of hydrogen-bond donors (Lipinski definition) is 2. The van der Waals surface area contributed by atoms with Crippen molar-refractivity contribution < 1.29 is 14.3 Å². The highest BCUT2D eigenvalue weighted by Crippen LogP contribution is 2.29. The van der Waals surface area contributed by atoms with Crippen molar-refractivity contribution in [1.82, 2.24) is 9.88 Å². The van der Waals surface area contributed by atoms with Crippen molar-refractivity contribution in [1.29, 1.82) is 0 Å². The third kappa shape index (κ3) is 4.84. The molecule has 4 rings (SSSR count). The van der Waals surface area contributed by atoms with Gasteiger partial charge in [-0.25, -0.2) is 4.79 Å². The van der Waals surface area contributed by atoms with Crippen molar-refractivity contribution in [3.8, 4) is 0 Å². The molecule has 1 atom stereocenters. The number of urea groups is 1. The van der Waals surface area contributed by atoms with Crippen LogP contribution < -0.4 is 10.9 Å². The van der Waals surface area contributed by atoms with E-state index in [-0.39, 0.29) is 23.6 Å². The molecule has 1 fully saturated rings. The largest absolute Gasteiger partial charge is 0.350 e. The van der Waals surface area contributed by atoms with Gasteiger partial charge in [-0.05, 0) is 49.9 Å². The molecule has 0 spiro atoms. The molecule has 0 unspecified atom stereocenters. The molecule has 1 aliphatic rings. The Hall–Kier alpha value is -3.16. The van der Waals surface area contributed by atoms with Gasteiger partial charge in [0.15, 0.2) is 5.79 Å². The Bertz CT molecular complexity index is 1130. The maximum absolute atomic E-state index is 13.4. The minimum absolute atomic E-state index is 0.0287. The monoisotopic (exact) mass is 435 g/mol. The molecule has 2 N–H and O–H groups in total. The standard InChI is InChI=1S/C25H29N3O4/c1-17(22-13-26-23(29)21-12-8-7-11-20(21)22)28(14-18-15-31-25(2,3)32-16-18)24(30)27-19-9-5-4-6-10-19/h4-13,17-18H,14-16H2,1-3H3,(H,26,29)(H,27,30)/t17-/m1/s1. The average Bonchev–Trinajstić information content (AvgIpc) is 2.79. The number of anilines is 1. The van der Waals surface area contributed by atoms with Gasteiger partial charge in [0.05, 0.1) is 19.3 Å². The smallest absolute Gasteiger partial charge is 0.322 e. The second-order valence-corrected chi connectivity index (χ2v) is 8.63. The number of para-hydroxylation sites is 1. The second kappa shape index (κ2) is 9.14. The van der Waals surface area contributed by atoms with Crippen LogP contribution in [0.2, 0.25) is 0 Å². The molecule has 0 saturated carbocycles. The van der Waals surface area contributed by atoms with Gasteiger partial charge in [0.2, 0.25) is 0 Å². The fourth-order valence-electron chi connectivity index (χ4n) is 3.99. The molecule has 7 heteroatoms. The lowest BCUT2D eigenvalue weighted by molar-refractivity contribution is -0.263. The Labute approximate surface area is 187 Å².